The molecule has 0 atom stereocenters. The lowest BCUT2D eigenvalue weighted by atomic mass is 10.3. The van der Waals surface area contributed by atoms with Crippen molar-refractivity contribution in [2.45, 2.75) is 13.0 Å². The molecule has 0 radical (unpaired) electrons. The maximum absolute atomic E-state index is 8.55. The van der Waals surface area contributed by atoms with Crippen LogP contribution in [-0.4, -0.2) is 21.7 Å². The van der Waals surface area contributed by atoms with Crippen LogP contribution in [0, 0.1) is 0 Å². The fraction of sp³-hybridized carbons (Fsp3) is 0.429. The van der Waals surface area contributed by atoms with Crippen molar-refractivity contribution in [3.63, 3.8) is 0 Å². The minimum absolute atomic E-state index is 0.108. The van der Waals surface area contributed by atoms with E-state index in [1.54, 1.807) is 12.4 Å². The van der Waals surface area contributed by atoms with Crippen molar-refractivity contribution in [1.29, 1.82) is 0 Å². The number of aromatic nitrogens is 2. The molecule has 0 bridgehead atoms. The Labute approximate surface area is 65.1 Å². The van der Waals surface area contributed by atoms with Crippen molar-refractivity contribution in [3.8, 4) is 0 Å². The molecule has 4 heteroatoms. The van der Waals surface area contributed by atoms with E-state index >= 15 is 0 Å². The lowest BCUT2D eigenvalue weighted by Crippen LogP contribution is -2.02. The van der Waals surface area contributed by atoms with Gasteiger partial charge in [0.2, 0.25) is 0 Å². The second-order valence-electron chi connectivity index (χ2n) is 2.18. The lowest BCUT2D eigenvalue weighted by molar-refractivity contribution is 0.298. The molecule has 3 N–H and O–H groups in total. The topological polar surface area (TPSA) is 72.0 Å². The molecule has 0 spiro atoms. The number of nitrogens with two attached hydrogens (primary N) is 1. The van der Waals surface area contributed by atoms with E-state index in [1.165, 1.54) is 0 Å². The summed E-state index contributed by atoms with van der Waals surface area (Å²) >= 11 is 0. The van der Waals surface area contributed by atoms with Gasteiger partial charge in [0.25, 0.3) is 0 Å². The van der Waals surface area contributed by atoms with Gasteiger partial charge in [0.05, 0.1) is 11.4 Å². The smallest absolute Gasteiger partial charge is 0.0722 e. The van der Waals surface area contributed by atoms with E-state index in [1.807, 2.05) is 0 Å². The zero-order valence-electron chi connectivity index (χ0n) is 6.20. The highest BCUT2D eigenvalue weighted by atomic mass is 16.3. The summed E-state index contributed by atoms with van der Waals surface area (Å²) in [6.45, 7) is 0.517. The zero-order valence-corrected chi connectivity index (χ0v) is 6.20. The Morgan fingerprint density at radius 3 is 2.36 bits per heavy atom. The largest absolute Gasteiger partial charge is 0.396 e. The quantitative estimate of drug-likeness (QED) is 0.612. The SMILES string of the molecule is NCc1cnc(CCO)cn1. The molecule has 11 heavy (non-hydrogen) atoms. The molecular formula is C7H11N3O. The van der Waals surface area contributed by atoms with Gasteiger partial charge in [-0.2, -0.15) is 0 Å². The summed E-state index contributed by atoms with van der Waals surface area (Å²) in [5.41, 5.74) is 6.89. The van der Waals surface area contributed by atoms with Crippen LogP contribution in [0.2, 0.25) is 0 Å². The van der Waals surface area contributed by atoms with Crippen LogP contribution in [0.15, 0.2) is 12.4 Å². The minimum Gasteiger partial charge on any atom is -0.396 e. The van der Waals surface area contributed by atoms with Gasteiger partial charge >= 0.3 is 0 Å². The van der Waals surface area contributed by atoms with Gasteiger partial charge in [0.1, 0.15) is 0 Å². The molecular weight excluding hydrogens is 142 g/mol. The summed E-state index contributed by atoms with van der Waals surface area (Å²) in [6.07, 6.45) is 3.82. The molecule has 0 unspecified atom stereocenters. The number of hydrogen-bond donors (Lipinski definition) is 2. The molecule has 0 amide bonds. The zero-order chi connectivity index (χ0) is 8.10. The Bertz CT molecular complexity index is 209. The first-order valence-corrected chi connectivity index (χ1v) is 3.47. The number of nitrogens with zero attached hydrogens (tertiary/aromatic N) is 2. The fourth-order valence-corrected chi connectivity index (χ4v) is 0.731. The second-order valence-corrected chi connectivity index (χ2v) is 2.18. The Balaban J connectivity index is 2.66. The Kier molecular flexibility index (Phi) is 2.95. The third kappa shape index (κ3) is 2.25. The van der Waals surface area contributed by atoms with E-state index in [9.17, 15) is 0 Å². The van der Waals surface area contributed by atoms with Crippen molar-refractivity contribution < 1.29 is 5.11 Å². The first-order chi connectivity index (χ1) is 5.36. The molecule has 60 valence electrons. The summed E-state index contributed by atoms with van der Waals surface area (Å²) in [4.78, 5) is 8.05. The van der Waals surface area contributed by atoms with Gasteiger partial charge in [0.15, 0.2) is 0 Å². The van der Waals surface area contributed by atoms with Crippen molar-refractivity contribution >= 4 is 0 Å². The van der Waals surface area contributed by atoms with E-state index < -0.39 is 0 Å². The van der Waals surface area contributed by atoms with Crippen LogP contribution in [0.5, 0.6) is 0 Å². The van der Waals surface area contributed by atoms with E-state index in [4.69, 9.17) is 10.8 Å². The number of rotatable bonds is 3. The minimum atomic E-state index is 0.108. The molecule has 1 aromatic heterocycles. The molecule has 0 saturated carbocycles. The fourth-order valence-electron chi connectivity index (χ4n) is 0.731. The predicted octanol–water partition coefficient (Wildman–Crippen LogP) is -0.530. The summed E-state index contributed by atoms with van der Waals surface area (Å²) in [5.74, 6) is 0. The van der Waals surface area contributed by atoms with Crippen LogP contribution in [0.3, 0.4) is 0 Å². The van der Waals surface area contributed by atoms with Gasteiger partial charge in [-0.15, -0.1) is 0 Å². The highest BCUT2D eigenvalue weighted by Crippen LogP contribution is 1.94. The third-order valence-corrected chi connectivity index (χ3v) is 1.34. The number of hydrogen-bond acceptors (Lipinski definition) is 4. The van der Waals surface area contributed by atoms with Crippen molar-refractivity contribution in [2.75, 3.05) is 6.61 Å². The highest BCUT2D eigenvalue weighted by Gasteiger charge is 1.94. The highest BCUT2D eigenvalue weighted by molar-refractivity contribution is 5.01. The van der Waals surface area contributed by atoms with Crippen LogP contribution in [0.4, 0.5) is 0 Å². The monoisotopic (exact) mass is 153 g/mol. The molecule has 1 heterocycles. The summed E-state index contributed by atoms with van der Waals surface area (Å²) in [7, 11) is 0. The first kappa shape index (κ1) is 8.10. The molecule has 0 aliphatic heterocycles. The molecule has 1 aromatic rings. The predicted molar refractivity (Wildman–Crippen MR) is 40.7 cm³/mol. The van der Waals surface area contributed by atoms with Gasteiger partial charge in [-0.3, -0.25) is 9.97 Å². The maximum atomic E-state index is 8.55. The van der Waals surface area contributed by atoms with E-state index in [2.05, 4.69) is 9.97 Å². The van der Waals surface area contributed by atoms with Crippen molar-refractivity contribution in [3.05, 3.63) is 23.8 Å². The molecule has 0 fully saturated rings. The van der Waals surface area contributed by atoms with Crippen LogP contribution in [0.25, 0.3) is 0 Å². The van der Waals surface area contributed by atoms with Gasteiger partial charge in [-0.1, -0.05) is 0 Å². The van der Waals surface area contributed by atoms with Gasteiger partial charge < -0.3 is 10.8 Å². The van der Waals surface area contributed by atoms with Crippen molar-refractivity contribution in [1.82, 2.24) is 9.97 Å². The Morgan fingerprint density at radius 2 is 1.91 bits per heavy atom. The van der Waals surface area contributed by atoms with Gasteiger partial charge in [-0.25, -0.2) is 0 Å². The van der Waals surface area contributed by atoms with Crippen LogP contribution in [-0.2, 0) is 13.0 Å². The summed E-state index contributed by atoms with van der Waals surface area (Å²) in [6, 6.07) is 0. The standard InChI is InChI=1S/C7H11N3O/c8-3-7-5-9-6(1-2-11)4-10-7/h4-5,11H,1-3,8H2. The summed E-state index contributed by atoms with van der Waals surface area (Å²) < 4.78 is 0. The maximum Gasteiger partial charge on any atom is 0.0722 e. The van der Waals surface area contributed by atoms with Crippen molar-refractivity contribution in [2.24, 2.45) is 5.73 Å². The average molecular weight is 153 g/mol. The van der Waals surface area contributed by atoms with Crippen LogP contribution < -0.4 is 5.73 Å². The van der Waals surface area contributed by atoms with Crippen LogP contribution >= 0.6 is 0 Å². The van der Waals surface area contributed by atoms with E-state index in [0.717, 1.165) is 11.4 Å². The Morgan fingerprint density at radius 1 is 1.27 bits per heavy atom. The first-order valence-electron chi connectivity index (χ1n) is 3.47. The second kappa shape index (κ2) is 4.00. The molecule has 0 saturated heterocycles. The Hall–Kier alpha value is -1.00. The third-order valence-electron chi connectivity index (χ3n) is 1.34. The molecule has 0 aliphatic carbocycles. The number of aliphatic hydroxyl groups excluding tert-OH is 1. The normalized spacial score (nSPS) is 10.0. The molecule has 4 nitrogen and oxygen atoms in total. The molecule has 0 aliphatic rings. The van der Waals surface area contributed by atoms with Crippen LogP contribution in [0.1, 0.15) is 11.4 Å². The van der Waals surface area contributed by atoms with Gasteiger partial charge in [-0.05, 0) is 0 Å². The van der Waals surface area contributed by atoms with E-state index in [-0.39, 0.29) is 6.61 Å². The molecule has 0 aromatic carbocycles. The van der Waals surface area contributed by atoms with E-state index in [0.29, 0.717) is 13.0 Å². The number of aliphatic hydroxyl groups is 1. The summed E-state index contributed by atoms with van der Waals surface area (Å²) in [5, 5.41) is 8.55. The average Bonchev–Trinajstić information content (AvgIpc) is 2.07. The molecule has 1 rings (SSSR count). The van der Waals surface area contributed by atoms with Gasteiger partial charge in [0, 0.05) is 32.0 Å². The lowest BCUT2D eigenvalue weighted by Gasteiger charge is -1.97.